The van der Waals surface area contributed by atoms with Crippen LogP contribution in [0.25, 0.3) is 0 Å². The summed E-state index contributed by atoms with van der Waals surface area (Å²) in [7, 11) is 0. The van der Waals surface area contributed by atoms with E-state index in [1.54, 1.807) is 18.3 Å². The Hall–Kier alpha value is -2.06. The van der Waals surface area contributed by atoms with Crippen molar-refractivity contribution in [1.82, 2.24) is 25.0 Å². The summed E-state index contributed by atoms with van der Waals surface area (Å²) >= 11 is 1.61. The molecule has 2 saturated heterocycles. The van der Waals surface area contributed by atoms with Crippen LogP contribution in [0.5, 0.6) is 0 Å². The van der Waals surface area contributed by atoms with Crippen molar-refractivity contribution in [3.8, 4) is 0 Å². The molecule has 5 rings (SSSR count). The third kappa shape index (κ3) is 5.70. The van der Waals surface area contributed by atoms with Crippen molar-refractivity contribution in [2.24, 2.45) is 5.92 Å². The van der Waals surface area contributed by atoms with Crippen molar-refractivity contribution in [2.75, 3.05) is 6.54 Å². The molecule has 2 bridgehead atoms. The van der Waals surface area contributed by atoms with Gasteiger partial charge in [0.25, 0.3) is 0 Å². The lowest BCUT2D eigenvalue weighted by molar-refractivity contribution is -0.126. The van der Waals surface area contributed by atoms with Gasteiger partial charge >= 0.3 is 0 Å². The minimum absolute atomic E-state index is 0.0303. The van der Waals surface area contributed by atoms with Crippen LogP contribution in [0.1, 0.15) is 130 Å². The number of amides is 1. The van der Waals surface area contributed by atoms with Crippen molar-refractivity contribution >= 4 is 23.0 Å². The average Bonchev–Trinajstić information content (AvgIpc) is 3.58. The quantitative estimate of drug-likeness (QED) is 0.408. The number of thiophene rings is 1. The normalized spacial score (nSPS) is 25.5. The van der Waals surface area contributed by atoms with Gasteiger partial charge < -0.3 is 9.88 Å². The van der Waals surface area contributed by atoms with E-state index in [1.807, 2.05) is 11.4 Å². The summed E-state index contributed by atoms with van der Waals surface area (Å²) in [6, 6.07) is 3.57. The van der Waals surface area contributed by atoms with Crippen LogP contribution in [-0.2, 0) is 4.79 Å². The van der Waals surface area contributed by atoms with Gasteiger partial charge in [0.2, 0.25) is 5.91 Å². The molecule has 4 heterocycles. The molecular weight excluding hydrogens is 482 g/mol. The monoisotopic (exact) mass is 525 g/mol. The van der Waals surface area contributed by atoms with Gasteiger partial charge in [-0.25, -0.2) is 0 Å². The van der Waals surface area contributed by atoms with E-state index in [0.717, 1.165) is 73.6 Å². The molecular formula is C29H43N5O2S. The fourth-order valence-electron chi connectivity index (χ4n) is 6.99. The summed E-state index contributed by atoms with van der Waals surface area (Å²) in [5, 5.41) is 14.3. The summed E-state index contributed by atoms with van der Waals surface area (Å²) in [5.74, 6) is 2.94. The number of nitrogens with one attached hydrogen (secondary N) is 1. The maximum absolute atomic E-state index is 13.2. The van der Waals surface area contributed by atoms with E-state index in [9.17, 15) is 9.59 Å². The fourth-order valence-corrected chi connectivity index (χ4v) is 8.02. The first kappa shape index (κ1) is 26.5. The van der Waals surface area contributed by atoms with Gasteiger partial charge in [0.1, 0.15) is 11.6 Å². The number of carbonyl (C=O) groups is 2. The lowest BCUT2D eigenvalue weighted by Gasteiger charge is -2.40. The standard InChI is InChI=1S/C29H43N5O2S/c1-18(2)28-32-31-20(4)34(28)25-15-23-10-11-24(16-25)33(23)13-12-26(27-14-22(17-37-27)19(3)35)30-29(36)21-8-6-5-7-9-21/h14,17-18,21,23-26H,5-13,15-16H2,1-4H3,(H,30,36)/t23-,24+,25?,26-/m0/s1. The predicted octanol–water partition coefficient (Wildman–Crippen LogP) is 5.97. The van der Waals surface area contributed by atoms with Crippen molar-refractivity contribution in [3.05, 3.63) is 33.5 Å². The smallest absolute Gasteiger partial charge is 0.223 e. The first-order valence-electron chi connectivity index (χ1n) is 14.4. The summed E-state index contributed by atoms with van der Waals surface area (Å²) in [6.45, 7) is 9.08. The highest BCUT2D eigenvalue weighted by molar-refractivity contribution is 7.10. The molecule has 3 aliphatic rings. The molecule has 1 amide bonds. The number of ketones is 1. The Labute approximate surface area is 225 Å². The van der Waals surface area contributed by atoms with Crippen molar-refractivity contribution in [1.29, 1.82) is 0 Å². The number of aryl methyl sites for hydroxylation is 1. The van der Waals surface area contributed by atoms with Gasteiger partial charge in [0, 0.05) is 52.3 Å². The molecule has 202 valence electrons. The second-order valence-corrected chi connectivity index (χ2v) is 12.8. The number of nitrogens with zero attached hydrogens (tertiary/aromatic N) is 4. The van der Waals surface area contributed by atoms with Gasteiger partial charge in [0.15, 0.2) is 5.78 Å². The van der Waals surface area contributed by atoms with Crippen LogP contribution >= 0.6 is 11.3 Å². The molecule has 4 atom stereocenters. The van der Waals surface area contributed by atoms with Crippen molar-refractivity contribution < 1.29 is 9.59 Å². The SMILES string of the molecule is CC(=O)c1csc([C@H](CCN2[C@@H]3CC[C@H]2CC(n2c(C)nnc2C(C)C)C3)NC(=O)C2CCCCC2)c1. The number of aromatic nitrogens is 3. The van der Waals surface area contributed by atoms with Crippen LogP contribution in [0.2, 0.25) is 0 Å². The number of fused-ring (bicyclic) bond motifs is 2. The zero-order chi connectivity index (χ0) is 26.1. The summed E-state index contributed by atoms with van der Waals surface area (Å²) < 4.78 is 2.41. The van der Waals surface area contributed by atoms with E-state index < -0.39 is 0 Å². The Balaban J connectivity index is 1.27. The Morgan fingerprint density at radius 3 is 2.38 bits per heavy atom. The molecule has 1 aliphatic carbocycles. The maximum atomic E-state index is 13.2. The minimum Gasteiger partial charge on any atom is -0.348 e. The van der Waals surface area contributed by atoms with Crippen LogP contribution in [0.15, 0.2) is 11.4 Å². The molecule has 2 aromatic rings. The molecule has 1 N–H and O–H groups in total. The Morgan fingerprint density at radius 1 is 1.05 bits per heavy atom. The molecule has 1 saturated carbocycles. The zero-order valence-electron chi connectivity index (χ0n) is 22.9. The second kappa shape index (κ2) is 11.4. The predicted molar refractivity (Wildman–Crippen MR) is 147 cm³/mol. The number of hydrogen-bond acceptors (Lipinski definition) is 6. The molecule has 0 radical (unpaired) electrons. The van der Waals surface area contributed by atoms with Gasteiger partial charge in [-0.1, -0.05) is 33.1 Å². The van der Waals surface area contributed by atoms with Crippen molar-refractivity contribution in [2.45, 2.75) is 122 Å². The molecule has 37 heavy (non-hydrogen) atoms. The first-order valence-corrected chi connectivity index (χ1v) is 15.3. The topological polar surface area (TPSA) is 80.1 Å². The maximum Gasteiger partial charge on any atom is 0.223 e. The van der Waals surface area contributed by atoms with E-state index in [-0.39, 0.29) is 23.7 Å². The Kier molecular flexibility index (Phi) is 8.15. The highest BCUT2D eigenvalue weighted by Gasteiger charge is 2.42. The fraction of sp³-hybridized carbons (Fsp3) is 0.724. The van der Waals surface area contributed by atoms with E-state index in [2.05, 4.69) is 45.8 Å². The zero-order valence-corrected chi connectivity index (χ0v) is 23.7. The average molecular weight is 526 g/mol. The highest BCUT2D eigenvalue weighted by atomic mass is 32.1. The minimum atomic E-state index is -0.0303. The van der Waals surface area contributed by atoms with Crippen LogP contribution in [0, 0.1) is 12.8 Å². The van der Waals surface area contributed by atoms with Crippen LogP contribution < -0.4 is 5.32 Å². The summed E-state index contributed by atoms with van der Waals surface area (Å²) in [6.07, 6.45) is 11.2. The Bertz CT molecular complexity index is 1090. The molecule has 3 fully saturated rings. The van der Waals surface area contributed by atoms with Crippen LogP contribution in [-0.4, -0.2) is 50.0 Å². The third-order valence-electron chi connectivity index (χ3n) is 8.97. The number of hydrogen-bond donors (Lipinski definition) is 1. The second-order valence-electron chi connectivity index (χ2n) is 11.9. The van der Waals surface area contributed by atoms with Gasteiger partial charge in [-0.2, -0.15) is 0 Å². The molecule has 1 unspecified atom stereocenters. The van der Waals surface area contributed by atoms with Gasteiger partial charge in [-0.15, -0.1) is 21.5 Å². The van der Waals surface area contributed by atoms with E-state index >= 15 is 0 Å². The van der Waals surface area contributed by atoms with Crippen molar-refractivity contribution in [3.63, 3.8) is 0 Å². The van der Waals surface area contributed by atoms with Gasteiger partial charge in [-0.3, -0.25) is 14.5 Å². The molecule has 8 heteroatoms. The van der Waals surface area contributed by atoms with Crippen LogP contribution in [0.3, 0.4) is 0 Å². The number of Topliss-reactive ketones (excluding diaryl/α,β-unsaturated/α-hetero) is 1. The Morgan fingerprint density at radius 2 is 1.76 bits per heavy atom. The largest absolute Gasteiger partial charge is 0.348 e. The molecule has 0 aromatic carbocycles. The molecule has 7 nitrogen and oxygen atoms in total. The summed E-state index contributed by atoms with van der Waals surface area (Å²) in [5.41, 5.74) is 0.753. The molecule has 0 spiro atoms. The molecule has 2 aromatic heterocycles. The number of piperidine rings is 1. The molecule has 2 aliphatic heterocycles. The third-order valence-corrected chi connectivity index (χ3v) is 10.0. The van der Waals surface area contributed by atoms with Crippen LogP contribution in [0.4, 0.5) is 0 Å². The number of carbonyl (C=O) groups excluding carboxylic acids is 2. The highest BCUT2D eigenvalue weighted by Crippen LogP contribution is 2.42. The lowest BCUT2D eigenvalue weighted by Crippen LogP contribution is -2.45. The lowest BCUT2D eigenvalue weighted by atomic mass is 9.88. The van der Waals surface area contributed by atoms with Gasteiger partial charge in [0.05, 0.1) is 6.04 Å². The van der Waals surface area contributed by atoms with E-state index in [0.29, 0.717) is 24.0 Å². The van der Waals surface area contributed by atoms with E-state index in [1.165, 1.54) is 19.3 Å². The first-order chi connectivity index (χ1) is 17.8. The van der Waals surface area contributed by atoms with E-state index in [4.69, 9.17) is 0 Å². The number of rotatable bonds is 9. The van der Waals surface area contributed by atoms with Gasteiger partial charge in [-0.05, 0) is 64.9 Å². The summed E-state index contributed by atoms with van der Waals surface area (Å²) in [4.78, 5) is 29.0.